The molecule has 0 aliphatic heterocycles. The first kappa shape index (κ1) is 17.2. The molecule has 0 amide bonds. The molecule has 4 nitrogen and oxygen atoms in total. The van der Waals surface area contributed by atoms with Gasteiger partial charge in [-0.25, -0.2) is 9.97 Å². The quantitative estimate of drug-likeness (QED) is 0.530. The van der Waals surface area contributed by atoms with E-state index < -0.39 is 0 Å². The molecule has 0 saturated carbocycles. The van der Waals surface area contributed by atoms with Crippen molar-refractivity contribution >= 4 is 17.6 Å². The number of hydrogen-bond donors (Lipinski definition) is 1. The summed E-state index contributed by atoms with van der Waals surface area (Å²) < 4.78 is 0. The number of nitrogens with one attached hydrogen (secondary N) is 1. The molecule has 114 valence electrons. The Morgan fingerprint density at radius 3 is 2.50 bits per heavy atom. The maximum atomic E-state index is 4.48. The zero-order valence-corrected chi connectivity index (χ0v) is 14.1. The van der Waals surface area contributed by atoms with Crippen molar-refractivity contribution in [2.24, 2.45) is 0 Å². The molecule has 0 spiro atoms. The van der Waals surface area contributed by atoms with Crippen LogP contribution in [0.5, 0.6) is 0 Å². The number of nitrogens with zero attached hydrogens (tertiary/aromatic N) is 3. The predicted octanol–water partition coefficient (Wildman–Crippen LogP) is 3.29. The minimum Gasteiger partial charge on any atom is -0.370 e. The monoisotopic (exact) mass is 296 g/mol. The topological polar surface area (TPSA) is 41.1 Å². The van der Waals surface area contributed by atoms with Crippen LogP contribution >= 0.6 is 11.8 Å². The van der Waals surface area contributed by atoms with E-state index in [2.05, 4.69) is 47.9 Å². The second-order valence-electron chi connectivity index (χ2n) is 4.66. The fourth-order valence-electron chi connectivity index (χ4n) is 2.13. The van der Waals surface area contributed by atoms with Gasteiger partial charge in [0.05, 0.1) is 0 Å². The Kier molecular flexibility index (Phi) is 8.62. The van der Waals surface area contributed by atoms with Crippen molar-refractivity contribution < 1.29 is 0 Å². The van der Waals surface area contributed by atoms with Gasteiger partial charge in [-0.15, -0.1) is 11.8 Å². The van der Waals surface area contributed by atoms with Crippen molar-refractivity contribution in [1.29, 1.82) is 0 Å². The fourth-order valence-corrected chi connectivity index (χ4v) is 3.16. The molecule has 0 aliphatic rings. The number of hydrogen-bond acceptors (Lipinski definition) is 5. The van der Waals surface area contributed by atoms with Crippen LogP contribution in [0.4, 0.5) is 5.82 Å². The molecule has 1 N–H and O–H groups in total. The fraction of sp³-hybridized carbons (Fsp3) is 0.733. The van der Waals surface area contributed by atoms with Gasteiger partial charge in [0, 0.05) is 24.4 Å². The summed E-state index contributed by atoms with van der Waals surface area (Å²) in [6.07, 6.45) is 3.84. The number of thioether (sulfide) groups is 1. The SMILES string of the molecule is CCCc1c(NCC)ncnc1SCCN(CC)CC. The second-order valence-corrected chi connectivity index (χ2v) is 5.75. The molecule has 0 radical (unpaired) electrons. The van der Waals surface area contributed by atoms with Gasteiger partial charge in [-0.2, -0.15) is 0 Å². The second kappa shape index (κ2) is 10.00. The van der Waals surface area contributed by atoms with Gasteiger partial charge in [-0.05, 0) is 26.4 Å². The summed E-state index contributed by atoms with van der Waals surface area (Å²) in [4.78, 5) is 11.3. The first-order valence-corrected chi connectivity index (χ1v) is 8.68. The van der Waals surface area contributed by atoms with Crippen LogP contribution in [0.25, 0.3) is 0 Å². The molecule has 0 unspecified atom stereocenters. The van der Waals surface area contributed by atoms with Gasteiger partial charge in [-0.3, -0.25) is 0 Å². The van der Waals surface area contributed by atoms with Gasteiger partial charge in [0.15, 0.2) is 0 Å². The molecule has 1 aromatic rings. The first-order chi connectivity index (χ1) is 9.76. The molecule has 0 saturated heterocycles. The highest BCUT2D eigenvalue weighted by Crippen LogP contribution is 2.26. The minimum atomic E-state index is 0.900. The molecule has 1 heterocycles. The largest absolute Gasteiger partial charge is 0.370 e. The van der Waals surface area contributed by atoms with Crippen molar-refractivity contribution in [2.45, 2.75) is 45.6 Å². The third kappa shape index (κ3) is 5.29. The van der Waals surface area contributed by atoms with Crippen molar-refractivity contribution in [1.82, 2.24) is 14.9 Å². The highest BCUT2D eigenvalue weighted by Gasteiger charge is 2.11. The Hall–Kier alpha value is -0.810. The van der Waals surface area contributed by atoms with E-state index in [1.54, 1.807) is 6.33 Å². The molecule has 20 heavy (non-hydrogen) atoms. The van der Waals surface area contributed by atoms with Gasteiger partial charge in [0.25, 0.3) is 0 Å². The maximum absolute atomic E-state index is 4.48. The van der Waals surface area contributed by atoms with E-state index in [-0.39, 0.29) is 0 Å². The molecule has 0 aromatic carbocycles. The maximum Gasteiger partial charge on any atom is 0.133 e. The van der Waals surface area contributed by atoms with Crippen molar-refractivity contribution in [2.75, 3.05) is 37.2 Å². The summed E-state index contributed by atoms with van der Waals surface area (Å²) in [7, 11) is 0. The lowest BCUT2D eigenvalue weighted by Crippen LogP contribution is -2.25. The Morgan fingerprint density at radius 1 is 1.15 bits per heavy atom. The molecule has 0 bridgehead atoms. The number of anilines is 1. The van der Waals surface area contributed by atoms with E-state index in [4.69, 9.17) is 0 Å². The van der Waals surface area contributed by atoms with Gasteiger partial charge in [0.1, 0.15) is 17.2 Å². The van der Waals surface area contributed by atoms with Crippen LogP contribution < -0.4 is 5.32 Å². The van der Waals surface area contributed by atoms with Gasteiger partial charge in [-0.1, -0.05) is 27.2 Å². The highest BCUT2D eigenvalue weighted by molar-refractivity contribution is 7.99. The Balaban J connectivity index is 2.70. The standard InChI is InChI=1S/C15H28N4S/c1-5-9-13-14(16-6-2)17-12-18-15(13)20-11-10-19(7-3)8-4/h12H,5-11H2,1-4H3,(H,16,17,18). The Bertz CT molecular complexity index is 380. The smallest absolute Gasteiger partial charge is 0.133 e. The van der Waals surface area contributed by atoms with Gasteiger partial charge in [0.2, 0.25) is 0 Å². The normalized spacial score (nSPS) is 11.1. The van der Waals surface area contributed by atoms with Crippen LogP contribution in [0.15, 0.2) is 11.4 Å². The van der Waals surface area contributed by atoms with Crippen molar-refractivity contribution in [3.05, 3.63) is 11.9 Å². The molecule has 1 rings (SSSR count). The van der Waals surface area contributed by atoms with E-state index in [1.165, 1.54) is 5.56 Å². The molecular formula is C15H28N4S. The van der Waals surface area contributed by atoms with Crippen LogP contribution in [0.1, 0.15) is 39.7 Å². The van der Waals surface area contributed by atoms with Crippen LogP contribution in [-0.2, 0) is 6.42 Å². The van der Waals surface area contributed by atoms with E-state index in [1.807, 2.05) is 11.8 Å². The number of rotatable bonds is 10. The lowest BCUT2D eigenvalue weighted by molar-refractivity contribution is 0.324. The zero-order chi connectivity index (χ0) is 14.8. The summed E-state index contributed by atoms with van der Waals surface area (Å²) in [5, 5.41) is 4.49. The van der Waals surface area contributed by atoms with E-state index in [0.717, 1.165) is 55.6 Å². The van der Waals surface area contributed by atoms with E-state index in [9.17, 15) is 0 Å². The lowest BCUT2D eigenvalue weighted by atomic mass is 10.2. The predicted molar refractivity (Wildman–Crippen MR) is 88.7 cm³/mol. The summed E-state index contributed by atoms with van der Waals surface area (Å²) in [6.45, 7) is 13.0. The third-order valence-corrected chi connectivity index (χ3v) is 4.30. The van der Waals surface area contributed by atoms with Crippen molar-refractivity contribution in [3.63, 3.8) is 0 Å². The van der Waals surface area contributed by atoms with Crippen LogP contribution in [-0.4, -0.2) is 46.8 Å². The summed E-state index contributed by atoms with van der Waals surface area (Å²) in [6, 6.07) is 0. The lowest BCUT2D eigenvalue weighted by Gasteiger charge is -2.18. The summed E-state index contributed by atoms with van der Waals surface area (Å²) in [5.74, 6) is 2.09. The molecule has 5 heteroatoms. The average Bonchev–Trinajstić information content (AvgIpc) is 2.47. The molecule has 0 aliphatic carbocycles. The summed E-state index contributed by atoms with van der Waals surface area (Å²) in [5.41, 5.74) is 1.28. The first-order valence-electron chi connectivity index (χ1n) is 7.69. The van der Waals surface area contributed by atoms with Crippen LogP contribution in [0, 0.1) is 0 Å². The minimum absolute atomic E-state index is 0.900. The zero-order valence-electron chi connectivity index (χ0n) is 13.3. The third-order valence-electron chi connectivity index (χ3n) is 3.29. The molecule has 1 aromatic heterocycles. The van der Waals surface area contributed by atoms with E-state index >= 15 is 0 Å². The Morgan fingerprint density at radius 2 is 1.90 bits per heavy atom. The van der Waals surface area contributed by atoms with Crippen molar-refractivity contribution in [3.8, 4) is 0 Å². The molecule has 0 atom stereocenters. The average molecular weight is 296 g/mol. The molecule has 0 fully saturated rings. The van der Waals surface area contributed by atoms with Crippen LogP contribution in [0.3, 0.4) is 0 Å². The number of aromatic nitrogens is 2. The highest BCUT2D eigenvalue weighted by atomic mass is 32.2. The van der Waals surface area contributed by atoms with E-state index in [0.29, 0.717) is 0 Å². The molecular weight excluding hydrogens is 268 g/mol. The van der Waals surface area contributed by atoms with Gasteiger partial charge >= 0.3 is 0 Å². The van der Waals surface area contributed by atoms with Crippen LogP contribution in [0.2, 0.25) is 0 Å². The summed E-state index contributed by atoms with van der Waals surface area (Å²) >= 11 is 1.85. The Labute approximate surface area is 127 Å². The van der Waals surface area contributed by atoms with Gasteiger partial charge < -0.3 is 10.2 Å².